The third-order valence-electron chi connectivity index (χ3n) is 7.02. The molecule has 0 bridgehead atoms. The van der Waals surface area contributed by atoms with Crippen molar-refractivity contribution in [2.75, 3.05) is 6.61 Å². The molecule has 1 fully saturated rings. The van der Waals surface area contributed by atoms with Gasteiger partial charge >= 0.3 is 12.6 Å². The maximum absolute atomic E-state index is 13.4. The molecule has 0 spiro atoms. The second-order valence-electron chi connectivity index (χ2n) is 10.2. The topological polar surface area (TPSA) is 99.8 Å². The number of nitriles is 1. The number of carbonyl (C=O) groups is 2. The summed E-state index contributed by atoms with van der Waals surface area (Å²) in [6.07, 6.45) is 2.17. The number of nitrogens with zero attached hydrogens (tertiary/aromatic N) is 2. The van der Waals surface area contributed by atoms with Gasteiger partial charge in [-0.25, -0.2) is 4.79 Å². The van der Waals surface area contributed by atoms with Crippen molar-refractivity contribution in [1.82, 2.24) is 4.57 Å². The van der Waals surface area contributed by atoms with Crippen molar-refractivity contribution in [2.45, 2.75) is 52.2 Å². The average molecular weight is 601 g/mol. The molecule has 10 heteroatoms. The lowest BCUT2D eigenvalue weighted by Crippen LogP contribution is -2.12. The number of ether oxygens (including phenoxy) is 4. The van der Waals surface area contributed by atoms with E-state index in [9.17, 15) is 23.6 Å². The molecule has 1 aliphatic carbocycles. The molecule has 0 N–H and O–H groups in total. The molecule has 5 rings (SSSR count). The van der Waals surface area contributed by atoms with Crippen LogP contribution < -0.4 is 9.47 Å². The number of esters is 1. The van der Waals surface area contributed by atoms with Crippen LogP contribution in [0.25, 0.3) is 11.3 Å². The standard InChI is InChI=1S/C34H30F2N2O6/c1-2-42-33(40)31-27(16-23-9-6-10-24(15-23)18-37)32(38(28(31)19-39)21-41-20-22-7-4-3-5-8-22)25-11-14-29(44-34(35)36)30(17-25)43-26-12-13-26/h3-11,14-15,17,19,26,34H,2,12-13,16,20-21H2,1H3. The minimum Gasteiger partial charge on any atom is -0.487 e. The summed E-state index contributed by atoms with van der Waals surface area (Å²) in [6, 6.07) is 23.0. The van der Waals surface area contributed by atoms with Gasteiger partial charge < -0.3 is 23.5 Å². The van der Waals surface area contributed by atoms with Gasteiger partial charge in [0, 0.05) is 12.0 Å². The minimum absolute atomic E-state index is 0.0375. The predicted octanol–water partition coefficient (Wildman–Crippen LogP) is 6.92. The number of halogens is 2. The van der Waals surface area contributed by atoms with Crippen LogP contribution in [0.15, 0.2) is 72.8 Å². The summed E-state index contributed by atoms with van der Waals surface area (Å²) in [7, 11) is 0. The fourth-order valence-electron chi connectivity index (χ4n) is 4.97. The predicted molar refractivity (Wildman–Crippen MR) is 157 cm³/mol. The highest BCUT2D eigenvalue weighted by Gasteiger charge is 2.31. The van der Waals surface area contributed by atoms with E-state index in [4.69, 9.17) is 18.9 Å². The molecule has 44 heavy (non-hydrogen) atoms. The van der Waals surface area contributed by atoms with Gasteiger partial charge in [0.2, 0.25) is 0 Å². The van der Waals surface area contributed by atoms with Gasteiger partial charge in [-0.15, -0.1) is 0 Å². The molecule has 0 unspecified atom stereocenters. The fourth-order valence-corrected chi connectivity index (χ4v) is 4.97. The van der Waals surface area contributed by atoms with Gasteiger partial charge in [0.15, 0.2) is 17.8 Å². The van der Waals surface area contributed by atoms with Crippen LogP contribution >= 0.6 is 0 Å². The number of carbonyl (C=O) groups excluding carboxylic acids is 2. The van der Waals surface area contributed by atoms with Crippen LogP contribution in [-0.2, 0) is 29.2 Å². The Hall–Kier alpha value is -5.01. The number of alkyl halides is 2. The van der Waals surface area contributed by atoms with E-state index in [0.717, 1.165) is 18.4 Å². The molecule has 1 saturated carbocycles. The monoisotopic (exact) mass is 600 g/mol. The first-order valence-electron chi connectivity index (χ1n) is 14.2. The zero-order chi connectivity index (χ0) is 31.1. The molecule has 4 aromatic rings. The molecule has 8 nitrogen and oxygen atoms in total. The molecule has 1 aliphatic rings. The van der Waals surface area contributed by atoms with Gasteiger partial charge in [-0.05, 0) is 66.8 Å². The Kier molecular flexibility index (Phi) is 9.67. The van der Waals surface area contributed by atoms with E-state index in [2.05, 4.69) is 6.07 Å². The van der Waals surface area contributed by atoms with Gasteiger partial charge in [-0.2, -0.15) is 14.0 Å². The number of aldehydes is 1. The van der Waals surface area contributed by atoms with Crippen LogP contribution in [0, 0.1) is 11.3 Å². The first-order valence-corrected chi connectivity index (χ1v) is 14.2. The molecular formula is C34H30F2N2O6. The Balaban J connectivity index is 1.69. The van der Waals surface area contributed by atoms with E-state index in [1.807, 2.05) is 36.4 Å². The summed E-state index contributed by atoms with van der Waals surface area (Å²) in [5.41, 5.74) is 3.51. The van der Waals surface area contributed by atoms with Gasteiger partial charge in [0.1, 0.15) is 6.73 Å². The van der Waals surface area contributed by atoms with E-state index < -0.39 is 12.6 Å². The summed E-state index contributed by atoms with van der Waals surface area (Å²) in [4.78, 5) is 26.1. The highest BCUT2D eigenvalue weighted by atomic mass is 19.3. The normalized spacial score (nSPS) is 12.5. The number of benzene rings is 3. The highest BCUT2D eigenvalue weighted by Crippen LogP contribution is 2.41. The SMILES string of the molecule is CCOC(=O)c1c(Cc2cccc(C#N)c2)c(-c2ccc(OC(F)F)c(OC3CC3)c2)n(COCc2ccccc2)c1C=O. The number of rotatable bonds is 14. The Morgan fingerprint density at radius 2 is 1.82 bits per heavy atom. The van der Waals surface area contributed by atoms with Crippen molar-refractivity contribution in [2.24, 2.45) is 0 Å². The van der Waals surface area contributed by atoms with Gasteiger partial charge in [0.05, 0.1) is 47.9 Å². The Morgan fingerprint density at radius 3 is 2.50 bits per heavy atom. The molecule has 0 amide bonds. The maximum Gasteiger partial charge on any atom is 0.387 e. The third-order valence-corrected chi connectivity index (χ3v) is 7.02. The molecule has 1 heterocycles. The molecule has 0 saturated heterocycles. The second kappa shape index (κ2) is 14.0. The minimum atomic E-state index is -3.06. The summed E-state index contributed by atoms with van der Waals surface area (Å²) < 4.78 is 50.2. The lowest BCUT2D eigenvalue weighted by molar-refractivity contribution is -0.0516. The number of aromatic nitrogens is 1. The van der Waals surface area contributed by atoms with Crippen LogP contribution in [0.4, 0.5) is 8.78 Å². The van der Waals surface area contributed by atoms with Crippen molar-refractivity contribution in [3.05, 3.63) is 106 Å². The zero-order valence-electron chi connectivity index (χ0n) is 24.0. The molecule has 1 aromatic heterocycles. The third kappa shape index (κ3) is 7.13. The van der Waals surface area contributed by atoms with Crippen LogP contribution in [0.3, 0.4) is 0 Å². The van der Waals surface area contributed by atoms with Crippen LogP contribution in [0.2, 0.25) is 0 Å². The summed E-state index contributed by atoms with van der Waals surface area (Å²) in [5.74, 6) is -0.708. The Labute approximate surface area is 253 Å². The van der Waals surface area contributed by atoms with Crippen molar-refractivity contribution >= 4 is 12.3 Å². The van der Waals surface area contributed by atoms with Crippen molar-refractivity contribution in [3.63, 3.8) is 0 Å². The van der Waals surface area contributed by atoms with Crippen molar-refractivity contribution < 1.29 is 37.3 Å². The summed E-state index contributed by atoms with van der Waals surface area (Å²) in [5, 5.41) is 9.48. The number of hydrogen-bond donors (Lipinski definition) is 0. The maximum atomic E-state index is 13.4. The zero-order valence-corrected chi connectivity index (χ0v) is 24.0. The largest absolute Gasteiger partial charge is 0.487 e. The van der Waals surface area contributed by atoms with E-state index in [1.165, 1.54) is 6.07 Å². The quantitative estimate of drug-likeness (QED) is 0.114. The van der Waals surface area contributed by atoms with Crippen LogP contribution in [-0.4, -0.2) is 36.1 Å². The molecule has 0 radical (unpaired) electrons. The van der Waals surface area contributed by atoms with Crippen molar-refractivity contribution in [3.8, 4) is 28.8 Å². The lowest BCUT2D eigenvalue weighted by Gasteiger charge is -2.17. The van der Waals surface area contributed by atoms with E-state index in [0.29, 0.717) is 34.2 Å². The van der Waals surface area contributed by atoms with Crippen LogP contribution in [0.1, 0.15) is 62.9 Å². The molecule has 3 aromatic carbocycles. The van der Waals surface area contributed by atoms with Gasteiger partial charge in [-0.3, -0.25) is 4.79 Å². The molecule has 226 valence electrons. The van der Waals surface area contributed by atoms with Crippen LogP contribution in [0.5, 0.6) is 11.5 Å². The number of hydrogen-bond acceptors (Lipinski definition) is 7. The van der Waals surface area contributed by atoms with E-state index in [-0.39, 0.29) is 55.2 Å². The molecular weight excluding hydrogens is 570 g/mol. The Morgan fingerprint density at radius 1 is 1.05 bits per heavy atom. The summed E-state index contributed by atoms with van der Waals surface area (Å²) in [6.45, 7) is -1.21. The second-order valence-corrected chi connectivity index (χ2v) is 10.2. The fraction of sp³-hybridized carbons (Fsp3) is 0.265. The van der Waals surface area contributed by atoms with E-state index in [1.54, 1.807) is 41.8 Å². The first-order chi connectivity index (χ1) is 21.4. The highest BCUT2D eigenvalue weighted by molar-refractivity contribution is 6.02. The van der Waals surface area contributed by atoms with Gasteiger partial charge in [-0.1, -0.05) is 42.5 Å². The Bertz CT molecular complexity index is 1680. The average Bonchev–Trinajstić information content (AvgIpc) is 3.79. The molecule has 0 atom stereocenters. The van der Waals surface area contributed by atoms with E-state index >= 15 is 0 Å². The summed E-state index contributed by atoms with van der Waals surface area (Å²) >= 11 is 0. The first kappa shape index (κ1) is 30.4. The molecule has 0 aliphatic heterocycles. The smallest absolute Gasteiger partial charge is 0.387 e. The van der Waals surface area contributed by atoms with Crippen molar-refractivity contribution in [1.29, 1.82) is 5.26 Å². The van der Waals surface area contributed by atoms with Gasteiger partial charge in [0.25, 0.3) is 0 Å². The lowest BCUT2D eigenvalue weighted by atomic mass is 9.96.